The molecule has 0 saturated heterocycles. The second-order valence-corrected chi connectivity index (χ2v) is 7.38. The standard InChI is InChI=1S/C17H27N3O2/c1-12(2)15-14(11-20(18-15)17(3,4)5)10-19-8-6-7-13(9-19)16(21)22/h6-7,11-13H,8-10H2,1-5H3,(H,21,22). The minimum Gasteiger partial charge on any atom is -0.481 e. The van der Waals surface area contributed by atoms with Crippen LogP contribution in [0.3, 0.4) is 0 Å². The first kappa shape index (κ1) is 16.7. The zero-order chi connectivity index (χ0) is 16.5. The number of aliphatic carboxylic acids is 1. The van der Waals surface area contributed by atoms with Crippen molar-refractivity contribution in [2.75, 3.05) is 13.1 Å². The first-order valence-electron chi connectivity index (χ1n) is 7.89. The molecule has 0 bridgehead atoms. The predicted octanol–water partition coefficient (Wildman–Crippen LogP) is 2.83. The number of carboxylic acids is 1. The Kier molecular flexibility index (Phi) is 4.75. The van der Waals surface area contributed by atoms with E-state index in [0.29, 0.717) is 12.5 Å². The third kappa shape index (κ3) is 3.77. The molecule has 1 aromatic rings. The molecule has 1 atom stereocenters. The lowest BCUT2D eigenvalue weighted by molar-refractivity contribution is -0.140. The van der Waals surface area contributed by atoms with Gasteiger partial charge in [-0.05, 0) is 26.7 Å². The summed E-state index contributed by atoms with van der Waals surface area (Å²) in [5, 5.41) is 13.9. The van der Waals surface area contributed by atoms with Gasteiger partial charge in [0.05, 0.1) is 17.2 Å². The Morgan fingerprint density at radius 1 is 1.45 bits per heavy atom. The van der Waals surface area contributed by atoms with Crippen LogP contribution in [0.5, 0.6) is 0 Å². The maximum Gasteiger partial charge on any atom is 0.311 e. The Hall–Kier alpha value is -1.62. The van der Waals surface area contributed by atoms with Crippen LogP contribution in [-0.2, 0) is 16.9 Å². The van der Waals surface area contributed by atoms with Gasteiger partial charge in [0, 0.05) is 31.4 Å². The van der Waals surface area contributed by atoms with Crippen LogP contribution in [0.2, 0.25) is 0 Å². The molecular formula is C17H27N3O2. The summed E-state index contributed by atoms with van der Waals surface area (Å²) in [5.41, 5.74) is 2.26. The molecular weight excluding hydrogens is 278 g/mol. The van der Waals surface area contributed by atoms with Crippen LogP contribution in [-0.4, -0.2) is 38.8 Å². The summed E-state index contributed by atoms with van der Waals surface area (Å²) in [7, 11) is 0. The Morgan fingerprint density at radius 2 is 2.14 bits per heavy atom. The molecule has 0 saturated carbocycles. The topological polar surface area (TPSA) is 58.4 Å². The fourth-order valence-corrected chi connectivity index (χ4v) is 2.69. The summed E-state index contributed by atoms with van der Waals surface area (Å²) >= 11 is 0. The number of carbonyl (C=O) groups is 1. The summed E-state index contributed by atoms with van der Waals surface area (Å²) in [4.78, 5) is 13.3. The molecule has 0 aliphatic carbocycles. The van der Waals surface area contributed by atoms with Crippen molar-refractivity contribution >= 4 is 5.97 Å². The normalized spacial score (nSPS) is 19.8. The van der Waals surface area contributed by atoms with E-state index < -0.39 is 11.9 Å². The summed E-state index contributed by atoms with van der Waals surface area (Å²) in [6, 6.07) is 0. The van der Waals surface area contributed by atoms with E-state index in [1.54, 1.807) is 6.08 Å². The highest BCUT2D eigenvalue weighted by Crippen LogP contribution is 2.24. The molecule has 1 aliphatic rings. The van der Waals surface area contributed by atoms with Gasteiger partial charge in [-0.1, -0.05) is 26.0 Å². The molecule has 5 nitrogen and oxygen atoms in total. The molecule has 0 radical (unpaired) electrons. The van der Waals surface area contributed by atoms with Crippen molar-refractivity contribution in [3.63, 3.8) is 0 Å². The van der Waals surface area contributed by atoms with Gasteiger partial charge < -0.3 is 5.11 Å². The second-order valence-electron chi connectivity index (χ2n) is 7.38. The molecule has 22 heavy (non-hydrogen) atoms. The number of hydrogen-bond acceptors (Lipinski definition) is 3. The average Bonchev–Trinajstić information content (AvgIpc) is 2.83. The Morgan fingerprint density at radius 3 is 2.68 bits per heavy atom. The number of nitrogens with zero attached hydrogens (tertiary/aromatic N) is 3. The van der Waals surface area contributed by atoms with Gasteiger partial charge in [0.15, 0.2) is 0 Å². The molecule has 0 fully saturated rings. The van der Waals surface area contributed by atoms with Gasteiger partial charge in [0.2, 0.25) is 0 Å². The predicted molar refractivity (Wildman–Crippen MR) is 86.9 cm³/mol. The van der Waals surface area contributed by atoms with Crippen LogP contribution in [0.1, 0.15) is 51.8 Å². The molecule has 5 heteroatoms. The van der Waals surface area contributed by atoms with Crippen LogP contribution in [0.25, 0.3) is 0 Å². The first-order chi connectivity index (χ1) is 10.2. The van der Waals surface area contributed by atoms with Crippen molar-refractivity contribution < 1.29 is 9.90 Å². The molecule has 2 heterocycles. The average molecular weight is 305 g/mol. The van der Waals surface area contributed by atoms with Gasteiger partial charge in [0.25, 0.3) is 0 Å². The maximum absolute atomic E-state index is 11.2. The molecule has 0 amide bonds. The van der Waals surface area contributed by atoms with Gasteiger partial charge in [0.1, 0.15) is 0 Å². The van der Waals surface area contributed by atoms with Gasteiger partial charge in [-0.3, -0.25) is 14.4 Å². The highest BCUT2D eigenvalue weighted by atomic mass is 16.4. The van der Waals surface area contributed by atoms with E-state index in [-0.39, 0.29) is 5.54 Å². The highest BCUT2D eigenvalue weighted by Gasteiger charge is 2.24. The zero-order valence-electron chi connectivity index (χ0n) is 14.2. The highest BCUT2D eigenvalue weighted by molar-refractivity contribution is 5.72. The van der Waals surface area contributed by atoms with Crippen molar-refractivity contribution in [2.45, 2.75) is 52.6 Å². The van der Waals surface area contributed by atoms with Crippen molar-refractivity contribution in [3.05, 3.63) is 29.6 Å². The van der Waals surface area contributed by atoms with E-state index in [2.05, 4.69) is 45.7 Å². The molecule has 1 aromatic heterocycles. The van der Waals surface area contributed by atoms with Gasteiger partial charge in [-0.2, -0.15) is 5.10 Å². The van der Waals surface area contributed by atoms with Crippen LogP contribution in [0, 0.1) is 5.92 Å². The molecule has 1 aliphatic heterocycles. The number of hydrogen-bond donors (Lipinski definition) is 1. The summed E-state index contributed by atoms with van der Waals surface area (Å²) in [5.74, 6) is -0.807. The van der Waals surface area contributed by atoms with E-state index >= 15 is 0 Å². The molecule has 1 N–H and O–H groups in total. The van der Waals surface area contributed by atoms with Crippen LogP contribution < -0.4 is 0 Å². The van der Waals surface area contributed by atoms with Crippen molar-refractivity contribution in [3.8, 4) is 0 Å². The number of aromatic nitrogens is 2. The van der Waals surface area contributed by atoms with Crippen molar-refractivity contribution in [1.82, 2.24) is 14.7 Å². The first-order valence-corrected chi connectivity index (χ1v) is 7.89. The zero-order valence-corrected chi connectivity index (χ0v) is 14.2. The summed E-state index contributed by atoms with van der Waals surface area (Å²) < 4.78 is 2.02. The maximum atomic E-state index is 11.2. The van der Waals surface area contributed by atoms with Crippen LogP contribution in [0.4, 0.5) is 0 Å². The Bertz CT molecular complexity index is 567. The Balaban J connectivity index is 2.20. The fourth-order valence-electron chi connectivity index (χ4n) is 2.69. The monoisotopic (exact) mass is 305 g/mol. The molecule has 0 spiro atoms. The molecule has 122 valence electrons. The largest absolute Gasteiger partial charge is 0.481 e. The van der Waals surface area contributed by atoms with Crippen molar-refractivity contribution in [2.24, 2.45) is 5.92 Å². The van der Waals surface area contributed by atoms with Gasteiger partial charge in [-0.15, -0.1) is 0 Å². The number of carboxylic acid groups (broad SMARTS) is 1. The number of rotatable bonds is 4. The lowest BCUT2D eigenvalue weighted by atomic mass is 10.0. The molecule has 2 rings (SSSR count). The van der Waals surface area contributed by atoms with E-state index in [1.165, 1.54) is 5.56 Å². The lowest BCUT2D eigenvalue weighted by Crippen LogP contribution is -2.35. The minimum absolute atomic E-state index is 0.0483. The van der Waals surface area contributed by atoms with Crippen LogP contribution >= 0.6 is 0 Å². The van der Waals surface area contributed by atoms with E-state index in [1.807, 2.05) is 10.8 Å². The Labute approximate surface area is 132 Å². The van der Waals surface area contributed by atoms with Gasteiger partial charge >= 0.3 is 5.97 Å². The quantitative estimate of drug-likeness (QED) is 0.869. The lowest BCUT2D eigenvalue weighted by Gasteiger charge is -2.26. The third-order valence-electron chi connectivity index (χ3n) is 3.95. The third-order valence-corrected chi connectivity index (χ3v) is 3.95. The van der Waals surface area contributed by atoms with E-state index in [9.17, 15) is 9.90 Å². The molecule has 0 aromatic carbocycles. The van der Waals surface area contributed by atoms with Gasteiger partial charge in [-0.25, -0.2) is 0 Å². The van der Waals surface area contributed by atoms with E-state index in [4.69, 9.17) is 5.10 Å². The smallest absolute Gasteiger partial charge is 0.311 e. The second kappa shape index (κ2) is 6.24. The van der Waals surface area contributed by atoms with E-state index in [0.717, 1.165) is 18.8 Å². The fraction of sp³-hybridized carbons (Fsp3) is 0.647. The molecule has 1 unspecified atom stereocenters. The minimum atomic E-state index is -0.754. The van der Waals surface area contributed by atoms with Crippen molar-refractivity contribution in [1.29, 1.82) is 0 Å². The summed E-state index contributed by atoms with van der Waals surface area (Å²) in [6.07, 6.45) is 5.86. The van der Waals surface area contributed by atoms with Crippen LogP contribution in [0.15, 0.2) is 18.3 Å². The summed E-state index contributed by atoms with van der Waals surface area (Å²) in [6.45, 7) is 12.8. The SMILES string of the molecule is CC(C)c1nn(C(C)(C)C)cc1CN1CC=CC(C(=O)O)C1.